The molecule has 0 rings (SSSR count). The third kappa shape index (κ3) is 49.2. The van der Waals surface area contributed by atoms with Crippen LogP contribution >= 0.6 is 0 Å². The first-order chi connectivity index (χ1) is 31.0. The molecule has 0 N–H and O–H groups in total. The fourth-order valence-corrected chi connectivity index (χ4v) is 6.83. The molecule has 1 atom stereocenters. The minimum Gasteiger partial charge on any atom is -0.462 e. The molecule has 0 aromatic rings. The summed E-state index contributed by atoms with van der Waals surface area (Å²) in [4.78, 5) is 38.0. The highest BCUT2D eigenvalue weighted by atomic mass is 16.6. The van der Waals surface area contributed by atoms with Gasteiger partial charge in [-0.2, -0.15) is 0 Å². The molecule has 6 nitrogen and oxygen atoms in total. The van der Waals surface area contributed by atoms with E-state index in [1.165, 1.54) is 77.0 Å². The first kappa shape index (κ1) is 59.3. The van der Waals surface area contributed by atoms with Crippen molar-refractivity contribution in [3.05, 3.63) is 97.2 Å². The molecule has 0 amide bonds. The summed E-state index contributed by atoms with van der Waals surface area (Å²) >= 11 is 0. The van der Waals surface area contributed by atoms with Gasteiger partial charge in [-0.3, -0.25) is 14.4 Å². The Morgan fingerprint density at radius 1 is 0.349 bits per heavy atom. The average Bonchev–Trinajstić information content (AvgIpc) is 3.28. The van der Waals surface area contributed by atoms with Crippen LogP contribution in [0.5, 0.6) is 0 Å². The fourth-order valence-electron chi connectivity index (χ4n) is 6.83. The molecule has 63 heavy (non-hydrogen) atoms. The second kappa shape index (κ2) is 51.0. The summed E-state index contributed by atoms with van der Waals surface area (Å²) in [7, 11) is 0. The fraction of sp³-hybridized carbons (Fsp3) is 0.667. The normalized spacial score (nSPS) is 12.9. The zero-order valence-corrected chi connectivity index (χ0v) is 40.8. The summed E-state index contributed by atoms with van der Waals surface area (Å²) in [6.45, 7) is 6.32. The molecular weight excluding hydrogens is 781 g/mol. The summed E-state index contributed by atoms with van der Waals surface area (Å²) in [5.74, 6) is -0.985. The average molecular weight is 875 g/mol. The minimum absolute atomic E-state index is 0.105. The lowest BCUT2D eigenvalue weighted by atomic mass is 10.0. The van der Waals surface area contributed by atoms with Crippen LogP contribution in [0.15, 0.2) is 97.2 Å². The Balaban J connectivity index is 4.50. The Kier molecular flexibility index (Phi) is 48.0. The molecule has 0 aromatic carbocycles. The summed E-state index contributed by atoms with van der Waals surface area (Å²) < 4.78 is 16.7. The summed E-state index contributed by atoms with van der Waals surface area (Å²) in [6.07, 6.45) is 66.8. The first-order valence-electron chi connectivity index (χ1n) is 25.8. The molecule has 0 fully saturated rings. The quantitative estimate of drug-likeness (QED) is 0.0199. The van der Waals surface area contributed by atoms with E-state index < -0.39 is 6.10 Å². The van der Waals surface area contributed by atoms with Crippen LogP contribution in [0.1, 0.15) is 226 Å². The third-order valence-corrected chi connectivity index (χ3v) is 10.6. The zero-order valence-electron chi connectivity index (χ0n) is 40.8. The van der Waals surface area contributed by atoms with Gasteiger partial charge in [-0.1, -0.05) is 227 Å². The van der Waals surface area contributed by atoms with E-state index in [1.54, 1.807) is 0 Å². The van der Waals surface area contributed by atoms with Crippen molar-refractivity contribution < 1.29 is 28.6 Å². The Morgan fingerprint density at radius 3 is 1.19 bits per heavy atom. The molecule has 0 radical (unpaired) electrons. The van der Waals surface area contributed by atoms with Gasteiger partial charge in [0.15, 0.2) is 6.10 Å². The SMILES string of the molecule is CC/C=C/C=C/C=C/CCCCCCCC(=O)OCC(COC(=O)CCC/C=C/C/C=C/C/C=C/C/C=C/C/C=C/CC)OC(=O)CCCCCCCCCCCCCCCCC. The monoisotopic (exact) mass is 875 g/mol. The van der Waals surface area contributed by atoms with Crippen molar-refractivity contribution in [2.24, 2.45) is 0 Å². The number of ether oxygens (including phenoxy) is 3. The van der Waals surface area contributed by atoms with Crippen LogP contribution in [-0.4, -0.2) is 37.2 Å². The predicted octanol–water partition coefficient (Wildman–Crippen LogP) is 17.0. The van der Waals surface area contributed by atoms with Crippen molar-refractivity contribution in [3.63, 3.8) is 0 Å². The van der Waals surface area contributed by atoms with E-state index in [2.05, 4.69) is 118 Å². The topological polar surface area (TPSA) is 78.9 Å². The molecule has 0 bridgehead atoms. The summed E-state index contributed by atoms with van der Waals surface area (Å²) in [5, 5.41) is 0. The van der Waals surface area contributed by atoms with E-state index >= 15 is 0 Å². The van der Waals surface area contributed by atoms with Gasteiger partial charge in [-0.15, -0.1) is 0 Å². The number of hydrogen-bond acceptors (Lipinski definition) is 6. The minimum atomic E-state index is -0.807. The Morgan fingerprint density at radius 2 is 0.714 bits per heavy atom. The van der Waals surface area contributed by atoms with Crippen molar-refractivity contribution in [3.8, 4) is 0 Å². The van der Waals surface area contributed by atoms with Crippen molar-refractivity contribution >= 4 is 17.9 Å². The molecule has 0 heterocycles. The first-order valence-corrected chi connectivity index (χ1v) is 25.8. The molecule has 0 aliphatic carbocycles. The number of carbonyl (C=O) groups is 3. The molecule has 6 heteroatoms. The number of allylic oxidation sites excluding steroid dienone is 16. The lowest BCUT2D eigenvalue weighted by molar-refractivity contribution is -0.167. The lowest BCUT2D eigenvalue weighted by Crippen LogP contribution is -2.30. The Hall–Kier alpha value is -3.67. The number of rotatable bonds is 45. The van der Waals surface area contributed by atoms with Gasteiger partial charge in [0.2, 0.25) is 0 Å². The number of carbonyl (C=O) groups excluding carboxylic acids is 3. The van der Waals surface area contributed by atoms with E-state index in [0.29, 0.717) is 19.3 Å². The molecule has 1 unspecified atom stereocenters. The van der Waals surface area contributed by atoms with Crippen LogP contribution in [0, 0.1) is 0 Å². The summed E-state index contributed by atoms with van der Waals surface area (Å²) in [5.41, 5.74) is 0. The van der Waals surface area contributed by atoms with Crippen LogP contribution in [0.3, 0.4) is 0 Å². The Bertz CT molecular complexity index is 1280. The van der Waals surface area contributed by atoms with Gasteiger partial charge in [0.1, 0.15) is 13.2 Å². The van der Waals surface area contributed by atoms with Crippen LogP contribution in [0.2, 0.25) is 0 Å². The highest BCUT2D eigenvalue weighted by Gasteiger charge is 2.19. The van der Waals surface area contributed by atoms with Crippen LogP contribution in [-0.2, 0) is 28.6 Å². The smallest absolute Gasteiger partial charge is 0.306 e. The van der Waals surface area contributed by atoms with Gasteiger partial charge in [0, 0.05) is 19.3 Å². The van der Waals surface area contributed by atoms with Gasteiger partial charge >= 0.3 is 17.9 Å². The van der Waals surface area contributed by atoms with Crippen molar-refractivity contribution in [2.45, 2.75) is 232 Å². The molecule has 0 saturated heterocycles. The Labute approximate surface area is 387 Å². The second-order valence-corrected chi connectivity index (χ2v) is 16.7. The number of unbranched alkanes of at least 4 members (excludes halogenated alkanes) is 20. The number of hydrogen-bond donors (Lipinski definition) is 0. The molecule has 0 aromatic heterocycles. The zero-order chi connectivity index (χ0) is 45.8. The van der Waals surface area contributed by atoms with E-state index in [1.807, 2.05) is 0 Å². The van der Waals surface area contributed by atoms with Crippen molar-refractivity contribution in [1.29, 1.82) is 0 Å². The maximum atomic E-state index is 12.8. The second-order valence-electron chi connectivity index (χ2n) is 16.7. The van der Waals surface area contributed by atoms with Gasteiger partial charge in [0.25, 0.3) is 0 Å². The highest BCUT2D eigenvalue weighted by molar-refractivity contribution is 5.71. The van der Waals surface area contributed by atoms with E-state index in [-0.39, 0.29) is 37.5 Å². The van der Waals surface area contributed by atoms with Crippen molar-refractivity contribution in [1.82, 2.24) is 0 Å². The van der Waals surface area contributed by atoms with Gasteiger partial charge in [-0.05, 0) is 77.0 Å². The largest absolute Gasteiger partial charge is 0.462 e. The lowest BCUT2D eigenvalue weighted by Gasteiger charge is -2.18. The summed E-state index contributed by atoms with van der Waals surface area (Å²) in [6, 6.07) is 0. The number of esters is 3. The van der Waals surface area contributed by atoms with E-state index in [9.17, 15) is 14.4 Å². The maximum absolute atomic E-state index is 12.8. The maximum Gasteiger partial charge on any atom is 0.306 e. The molecular formula is C57H94O6. The predicted molar refractivity (Wildman–Crippen MR) is 270 cm³/mol. The molecule has 358 valence electrons. The molecule has 0 saturated carbocycles. The molecule has 0 spiro atoms. The van der Waals surface area contributed by atoms with Gasteiger partial charge in [0.05, 0.1) is 0 Å². The highest BCUT2D eigenvalue weighted by Crippen LogP contribution is 2.15. The third-order valence-electron chi connectivity index (χ3n) is 10.6. The molecule has 0 aliphatic heterocycles. The van der Waals surface area contributed by atoms with Crippen LogP contribution in [0.4, 0.5) is 0 Å². The standard InChI is InChI=1S/C57H94O6/c1-4-7-10-13-16-19-22-25-27-28-30-32-35-38-41-44-47-50-56(59)62-53-54(52-61-55(58)49-46-43-40-37-34-31-24-21-18-15-12-9-6-3)63-57(60)51-48-45-42-39-36-33-29-26-23-20-17-14-11-8-5-2/h7,9-10,12,15-16,18-19,21,24-25,27,30,32,38,41,54H,4-6,8,11,13-14,17,20,22-23,26,28-29,31,33-37,39-40,42-53H2,1-3H3/b10-7+,12-9+,18-15+,19-16+,24-21+,27-25+,32-30+,41-38+. The van der Waals surface area contributed by atoms with Gasteiger partial charge < -0.3 is 14.2 Å². The molecule has 0 aliphatic rings. The van der Waals surface area contributed by atoms with E-state index in [4.69, 9.17) is 14.2 Å². The van der Waals surface area contributed by atoms with Crippen LogP contribution in [0.25, 0.3) is 0 Å². The van der Waals surface area contributed by atoms with Gasteiger partial charge in [-0.25, -0.2) is 0 Å². The van der Waals surface area contributed by atoms with E-state index in [0.717, 1.165) is 103 Å². The van der Waals surface area contributed by atoms with Crippen molar-refractivity contribution in [2.75, 3.05) is 13.2 Å². The van der Waals surface area contributed by atoms with Crippen LogP contribution < -0.4 is 0 Å².